The first-order valence-corrected chi connectivity index (χ1v) is 5.44. The van der Waals surface area contributed by atoms with E-state index in [9.17, 15) is 9.59 Å². The molecule has 0 radical (unpaired) electrons. The average molecular weight is 221 g/mol. The van der Waals surface area contributed by atoms with E-state index >= 15 is 0 Å². The first kappa shape index (κ1) is 10.9. The van der Waals surface area contributed by atoms with Crippen LogP contribution < -0.4 is 5.56 Å². The van der Waals surface area contributed by atoms with Crippen molar-refractivity contribution in [3.05, 3.63) is 27.9 Å². The summed E-state index contributed by atoms with van der Waals surface area (Å²) in [4.78, 5) is 31.5. The third-order valence-electron chi connectivity index (χ3n) is 2.90. The zero-order valence-corrected chi connectivity index (χ0v) is 9.49. The SMILES string of the molecule is CCc1nc([C@H]2CC(=O)N(C)C2)cc(=O)[nH]1. The maximum absolute atomic E-state index is 11.4. The molecule has 0 aliphatic carbocycles. The van der Waals surface area contributed by atoms with Crippen molar-refractivity contribution in [2.75, 3.05) is 13.6 Å². The third-order valence-corrected chi connectivity index (χ3v) is 2.90. The number of amides is 1. The minimum absolute atomic E-state index is 0.0603. The van der Waals surface area contributed by atoms with Crippen molar-refractivity contribution in [1.82, 2.24) is 14.9 Å². The van der Waals surface area contributed by atoms with Gasteiger partial charge in [-0.15, -0.1) is 0 Å². The molecule has 1 aliphatic rings. The van der Waals surface area contributed by atoms with Crippen molar-refractivity contribution in [2.24, 2.45) is 0 Å². The zero-order valence-electron chi connectivity index (χ0n) is 9.49. The molecule has 2 heterocycles. The molecule has 1 atom stereocenters. The molecule has 1 N–H and O–H groups in total. The number of aryl methyl sites for hydroxylation is 1. The Balaban J connectivity index is 2.31. The lowest BCUT2D eigenvalue weighted by atomic mass is 10.0. The fourth-order valence-corrected chi connectivity index (χ4v) is 1.97. The van der Waals surface area contributed by atoms with Crippen molar-refractivity contribution in [3.8, 4) is 0 Å². The summed E-state index contributed by atoms with van der Waals surface area (Å²) in [6.07, 6.45) is 1.15. The first-order valence-electron chi connectivity index (χ1n) is 5.44. The number of nitrogens with one attached hydrogen (secondary N) is 1. The first-order chi connectivity index (χ1) is 7.60. The molecule has 1 aromatic heterocycles. The van der Waals surface area contributed by atoms with E-state index in [4.69, 9.17) is 0 Å². The molecule has 1 aromatic rings. The molecule has 1 fully saturated rings. The number of hydrogen-bond donors (Lipinski definition) is 1. The number of aromatic nitrogens is 2. The Morgan fingerprint density at radius 2 is 2.31 bits per heavy atom. The van der Waals surface area contributed by atoms with E-state index in [1.807, 2.05) is 6.92 Å². The summed E-state index contributed by atoms with van der Waals surface area (Å²) in [6, 6.07) is 1.50. The molecule has 0 unspecified atom stereocenters. The standard InChI is InChI=1S/C11H15N3O2/c1-3-9-12-8(5-10(15)13-9)7-4-11(16)14(2)6-7/h5,7H,3-4,6H2,1-2H3,(H,12,13,15)/t7-/m0/s1. The Hall–Kier alpha value is -1.65. The van der Waals surface area contributed by atoms with E-state index in [1.165, 1.54) is 6.07 Å². The second-order valence-corrected chi connectivity index (χ2v) is 4.15. The van der Waals surface area contributed by atoms with E-state index in [0.717, 1.165) is 5.69 Å². The van der Waals surface area contributed by atoms with E-state index in [-0.39, 0.29) is 17.4 Å². The van der Waals surface area contributed by atoms with Gasteiger partial charge in [-0.05, 0) is 0 Å². The van der Waals surface area contributed by atoms with Crippen LogP contribution in [0.15, 0.2) is 10.9 Å². The highest BCUT2D eigenvalue weighted by atomic mass is 16.2. The quantitative estimate of drug-likeness (QED) is 0.780. The van der Waals surface area contributed by atoms with Crippen molar-refractivity contribution < 1.29 is 4.79 Å². The molecule has 86 valence electrons. The fourth-order valence-electron chi connectivity index (χ4n) is 1.97. The lowest BCUT2D eigenvalue weighted by Crippen LogP contribution is -2.19. The van der Waals surface area contributed by atoms with Crippen LogP contribution in [0, 0.1) is 0 Å². The molecule has 16 heavy (non-hydrogen) atoms. The number of likely N-dealkylation sites (N-methyl/N-ethyl adjacent to an activating group) is 1. The van der Waals surface area contributed by atoms with Gasteiger partial charge in [0.25, 0.3) is 5.56 Å². The van der Waals surface area contributed by atoms with Crippen LogP contribution in [0.25, 0.3) is 0 Å². The number of likely N-dealkylation sites (tertiary alicyclic amines) is 1. The van der Waals surface area contributed by atoms with Crippen LogP contribution in [-0.2, 0) is 11.2 Å². The Morgan fingerprint density at radius 3 is 2.88 bits per heavy atom. The monoisotopic (exact) mass is 221 g/mol. The summed E-state index contributed by atoms with van der Waals surface area (Å²) in [5.41, 5.74) is 0.599. The summed E-state index contributed by atoms with van der Waals surface area (Å²) < 4.78 is 0. The van der Waals surface area contributed by atoms with Crippen LogP contribution in [0.3, 0.4) is 0 Å². The van der Waals surface area contributed by atoms with E-state index in [2.05, 4.69) is 9.97 Å². The summed E-state index contributed by atoms with van der Waals surface area (Å²) in [5.74, 6) is 0.861. The van der Waals surface area contributed by atoms with Crippen LogP contribution in [0.1, 0.15) is 30.8 Å². The summed E-state index contributed by atoms with van der Waals surface area (Å²) in [6.45, 7) is 2.59. The van der Waals surface area contributed by atoms with Gasteiger partial charge in [-0.3, -0.25) is 9.59 Å². The molecule has 2 rings (SSSR count). The molecule has 1 amide bonds. The molecule has 1 saturated heterocycles. The average Bonchev–Trinajstić information content (AvgIpc) is 2.58. The number of carbonyl (C=O) groups is 1. The lowest BCUT2D eigenvalue weighted by molar-refractivity contribution is -0.126. The van der Waals surface area contributed by atoms with Gasteiger partial charge in [0.05, 0.1) is 5.69 Å². The maximum Gasteiger partial charge on any atom is 0.251 e. The van der Waals surface area contributed by atoms with Crippen molar-refractivity contribution in [3.63, 3.8) is 0 Å². The molecular formula is C11H15N3O2. The molecule has 1 aliphatic heterocycles. The van der Waals surface area contributed by atoms with Crippen LogP contribution in [-0.4, -0.2) is 34.4 Å². The van der Waals surface area contributed by atoms with E-state index < -0.39 is 0 Å². The van der Waals surface area contributed by atoms with Gasteiger partial charge in [-0.25, -0.2) is 4.98 Å². The van der Waals surface area contributed by atoms with Gasteiger partial charge in [0.2, 0.25) is 5.91 Å². The van der Waals surface area contributed by atoms with Gasteiger partial charge in [0.1, 0.15) is 5.82 Å². The fraction of sp³-hybridized carbons (Fsp3) is 0.545. The topological polar surface area (TPSA) is 66.1 Å². The van der Waals surface area contributed by atoms with E-state index in [0.29, 0.717) is 25.2 Å². The van der Waals surface area contributed by atoms with Crippen molar-refractivity contribution >= 4 is 5.91 Å². The number of hydrogen-bond acceptors (Lipinski definition) is 3. The largest absolute Gasteiger partial charge is 0.345 e. The summed E-state index contributed by atoms with van der Waals surface area (Å²) in [5, 5.41) is 0. The lowest BCUT2D eigenvalue weighted by Gasteiger charge is -2.10. The molecular weight excluding hydrogens is 206 g/mol. The zero-order chi connectivity index (χ0) is 11.7. The molecule has 0 spiro atoms. The summed E-state index contributed by atoms with van der Waals surface area (Å²) >= 11 is 0. The van der Waals surface area contributed by atoms with Gasteiger partial charge in [0.15, 0.2) is 0 Å². The van der Waals surface area contributed by atoms with Crippen LogP contribution in [0.5, 0.6) is 0 Å². The van der Waals surface area contributed by atoms with Crippen LogP contribution >= 0.6 is 0 Å². The van der Waals surface area contributed by atoms with E-state index in [1.54, 1.807) is 11.9 Å². The van der Waals surface area contributed by atoms with Gasteiger partial charge in [-0.2, -0.15) is 0 Å². The second-order valence-electron chi connectivity index (χ2n) is 4.15. The normalized spacial score (nSPS) is 20.5. The molecule has 5 heteroatoms. The Morgan fingerprint density at radius 1 is 1.56 bits per heavy atom. The predicted octanol–water partition coefficient (Wildman–Crippen LogP) is 0.278. The van der Waals surface area contributed by atoms with Crippen LogP contribution in [0.4, 0.5) is 0 Å². The third kappa shape index (κ3) is 1.98. The second kappa shape index (κ2) is 4.08. The predicted molar refractivity (Wildman–Crippen MR) is 59.2 cm³/mol. The number of aromatic amines is 1. The molecule has 0 bridgehead atoms. The minimum atomic E-state index is -0.135. The Bertz CT molecular complexity index is 467. The number of rotatable bonds is 2. The molecule has 0 aromatic carbocycles. The molecule has 5 nitrogen and oxygen atoms in total. The summed E-state index contributed by atoms with van der Waals surface area (Å²) in [7, 11) is 1.77. The molecule has 0 saturated carbocycles. The Labute approximate surface area is 93.5 Å². The van der Waals surface area contributed by atoms with Gasteiger partial charge in [-0.1, -0.05) is 6.92 Å². The highest BCUT2D eigenvalue weighted by Crippen LogP contribution is 2.24. The highest BCUT2D eigenvalue weighted by Gasteiger charge is 2.29. The maximum atomic E-state index is 11.4. The number of carbonyl (C=O) groups excluding carboxylic acids is 1. The van der Waals surface area contributed by atoms with Gasteiger partial charge >= 0.3 is 0 Å². The van der Waals surface area contributed by atoms with Gasteiger partial charge in [0, 0.05) is 38.4 Å². The number of H-pyrrole nitrogens is 1. The minimum Gasteiger partial charge on any atom is -0.345 e. The smallest absolute Gasteiger partial charge is 0.251 e. The Kier molecular flexibility index (Phi) is 2.77. The highest BCUT2D eigenvalue weighted by molar-refractivity contribution is 5.79. The van der Waals surface area contributed by atoms with Crippen molar-refractivity contribution in [2.45, 2.75) is 25.7 Å². The van der Waals surface area contributed by atoms with Crippen molar-refractivity contribution in [1.29, 1.82) is 0 Å². The number of nitrogens with zero attached hydrogens (tertiary/aromatic N) is 2. The van der Waals surface area contributed by atoms with Gasteiger partial charge < -0.3 is 9.88 Å². The van der Waals surface area contributed by atoms with Crippen LogP contribution in [0.2, 0.25) is 0 Å².